The van der Waals surface area contributed by atoms with Crippen LogP contribution in [0.25, 0.3) is 0 Å². The molecule has 0 aliphatic carbocycles. The molecule has 0 aliphatic heterocycles. The molecule has 3 N–H and O–H groups in total. The van der Waals surface area contributed by atoms with Gasteiger partial charge >= 0.3 is 12.0 Å². The molecule has 0 saturated heterocycles. The van der Waals surface area contributed by atoms with Crippen LogP contribution in [0.4, 0.5) is 4.79 Å². The van der Waals surface area contributed by atoms with Crippen LogP contribution < -0.4 is 10.6 Å². The molecular weight excluding hydrogens is 224 g/mol. The van der Waals surface area contributed by atoms with Crippen LogP contribution in [0.2, 0.25) is 0 Å². The molecule has 0 aliphatic rings. The van der Waals surface area contributed by atoms with Crippen LogP contribution in [0, 0.1) is 0 Å². The molecule has 0 unspecified atom stereocenters. The number of nitrogens with one attached hydrogen (secondary N) is 2. The van der Waals surface area contributed by atoms with Crippen molar-refractivity contribution in [3.05, 3.63) is 0 Å². The molecule has 100 valence electrons. The van der Waals surface area contributed by atoms with E-state index < -0.39 is 5.97 Å². The zero-order chi connectivity index (χ0) is 13.1. The summed E-state index contributed by atoms with van der Waals surface area (Å²) in [5, 5.41) is 13.7. The van der Waals surface area contributed by atoms with Gasteiger partial charge in [0, 0.05) is 19.5 Å². The monoisotopic (exact) mass is 246 g/mol. The average molecular weight is 246 g/mol. The molecule has 17 heavy (non-hydrogen) atoms. The van der Waals surface area contributed by atoms with Gasteiger partial charge in [0.15, 0.2) is 0 Å². The Kier molecular flexibility index (Phi) is 9.14. The predicted molar refractivity (Wildman–Crippen MR) is 64.0 cm³/mol. The molecule has 0 atom stereocenters. The molecule has 2 amide bonds. The SMILES string of the molecule is CC(C)OCCNC(=O)NCCCCC(=O)O. The van der Waals surface area contributed by atoms with Gasteiger partial charge in [-0.3, -0.25) is 4.79 Å². The maximum absolute atomic E-state index is 11.2. The summed E-state index contributed by atoms with van der Waals surface area (Å²) in [6, 6.07) is -0.243. The van der Waals surface area contributed by atoms with Crippen molar-refractivity contribution in [2.45, 2.75) is 39.2 Å². The standard InChI is InChI=1S/C11H22N2O4/c1-9(2)17-8-7-13-11(16)12-6-4-3-5-10(14)15/h9H,3-8H2,1-2H3,(H,14,15)(H2,12,13,16). The number of urea groups is 1. The number of aliphatic carboxylic acids is 1. The third kappa shape index (κ3) is 12.6. The fourth-order valence-electron chi connectivity index (χ4n) is 1.12. The number of unbranched alkanes of at least 4 members (excludes halogenated alkanes) is 1. The van der Waals surface area contributed by atoms with Crippen LogP contribution in [0.3, 0.4) is 0 Å². The van der Waals surface area contributed by atoms with Crippen molar-refractivity contribution in [2.75, 3.05) is 19.7 Å². The van der Waals surface area contributed by atoms with Gasteiger partial charge in [-0.15, -0.1) is 0 Å². The first-order valence-corrected chi connectivity index (χ1v) is 5.87. The van der Waals surface area contributed by atoms with E-state index in [1.807, 2.05) is 13.8 Å². The summed E-state index contributed by atoms with van der Waals surface area (Å²) in [4.78, 5) is 21.4. The van der Waals surface area contributed by atoms with E-state index in [0.717, 1.165) is 0 Å². The number of hydrogen-bond acceptors (Lipinski definition) is 3. The van der Waals surface area contributed by atoms with Crippen LogP contribution >= 0.6 is 0 Å². The molecule has 0 bridgehead atoms. The number of rotatable bonds is 9. The van der Waals surface area contributed by atoms with E-state index in [4.69, 9.17) is 9.84 Å². The third-order valence-corrected chi connectivity index (χ3v) is 1.94. The quantitative estimate of drug-likeness (QED) is 0.529. The van der Waals surface area contributed by atoms with E-state index in [9.17, 15) is 9.59 Å². The van der Waals surface area contributed by atoms with Crippen LogP contribution in [0.5, 0.6) is 0 Å². The molecule has 6 heteroatoms. The maximum Gasteiger partial charge on any atom is 0.314 e. The van der Waals surface area contributed by atoms with Gasteiger partial charge in [-0.1, -0.05) is 0 Å². The molecule has 0 spiro atoms. The molecule has 0 rings (SSSR count). The second kappa shape index (κ2) is 9.89. The van der Waals surface area contributed by atoms with Crippen molar-refractivity contribution in [1.29, 1.82) is 0 Å². The molecule has 0 aromatic rings. The fourth-order valence-corrected chi connectivity index (χ4v) is 1.12. The van der Waals surface area contributed by atoms with Crippen LogP contribution in [0.15, 0.2) is 0 Å². The first-order valence-electron chi connectivity index (χ1n) is 5.87. The average Bonchev–Trinajstić information content (AvgIpc) is 2.23. The fraction of sp³-hybridized carbons (Fsp3) is 0.818. The number of carboxylic acid groups (broad SMARTS) is 1. The lowest BCUT2D eigenvalue weighted by molar-refractivity contribution is -0.137. The number of ether oxygens (including phenoxy) is 1. The van der Waals surface area contributed by atoms with E-state index in [-0.39, 0.29) is 18.6 Å². The Bertz CT molecular complexity index is 232. The smallest absolute Gasteiger partial charge is 0.314 e. The van der Waals surface area contributed by atoms with Crippen LogP contribution in [-0.4, -0.2) is 42.9 Å². The summed E-state index contributed by atoms with van der Waals surface area (Å²) in [6.07, 6.45) is 1.55. The lowest BCUT2D eigenvalue weighted by Gasteiger charge is -2.09. The van der Waals surface area contributed by atoms with Gasteiger partial charge in [-0.05, 0) is 26.7 Å². The summed E-state index contributed by atoms with van der Waals surface area (Å²) in [7, 11) is 0. The highest BCUT2D eigenvalue weighted by atomic mass is 16.5. The van der Waals surface area contributed by atoms with Crippen molar-refractivity contribution in [3.8, 4) is 0 Å². The highest BCUT2D eigenvalue weighted by molar-refractivity contribution is 5.73. The van der Waals surface area contributed by atoms with Gasteiger partial charge < -0.3 is 20.5 Å². The minimum Gasteiger partial charge on any atom is -0.481 e. The Morgan fingerprint density at radius 1 is 1.18 bits per heavy atom. The second-order valence-corrected chi connectivity index (χ2v) is 3.95. The molecule has 0 radical (unpaired) electrons. The van der Waals surface area contributed by atoms with Gasteiger partial charge in [0.25, 0.3) is 0 Å². The van der Waals surface area contributed by atoms with Crippen molar-refractivity contribution < 1.29 is 19.4 Å². The van der Waals surface area contributed by atoms with E-state index in [1.165, 1.54) is 0 Å². The Hall–Kier alpha value is -1.30. The van der Waals surface area contributed by atoms with Crippen LogP contribution in [-0.2, 0) is 9.53 Å². The van der Waals surface area contributed by atoms with Crippen molar-refractivity contribution >= 4 is 12.0 Å². The third-order valence-electron chi connectivity index (χ3n) is 1.94. The van der Waals surface area contributed by atoms with Crippen LogP contribution in [0.1, 0.15) is 33.1 Å². The summed E-state index contributed by atoms with van der Waals surface area (Å²) < 4.78 is 5.25. The van der Waals surface area contributed by atoms with Gasteiger partial charge in [0.1, 0.15) is 0 Å². The minimum absolute atomic E-state index is 0.144. The minimum atomic E-state index is -0.805. The summed E-state index contributed by atoms with van der Waals surface area (Å²) in [5.41, 5.74) is 0. The second-order valence-electron chi connectivity index (χ2n) is 3.95. The van der Waals surface area contributed by atoms with Gasteiger partial charge in [0.2, 0.25) is 0 Å². The largest absolute Gasteiger partial charge is 0.481 e. The number of carboxylic acids is 1. The summed E-state index contributed by atoms with van der Waals surface area (Å²) in [6.45, 7) is 5.32. The number of amides is 2. The first kappa shape index (κ1) is 15.7. The zero-order valence-electron chi connectivity index (χ0n) is 10.5. The summed E-state index contributed by atoms with van der Waals surface area (Å²) >= 11 is 0. The molecule has 0 aromatic heterocycles. The van der Waals surface area contributed by atoms with E-state index in [2.05, 4.69) is 10.6 Å². The van der Waals surface area contributed by atoms with Gasteiger partial charge in [0.05, 0.1) is 12.7 Å². The van der Waals surface area contributed by atoms with Crippen molar-refractivity contribution in [1.82, 2.24) is 10.6 Å². The molecule has 0 saturated carbocycles. The van der Waals surface area contributed by atoms with Gasteiger partial charge in [-0.25, -0.2) is 4.79 Å². The Morgan fingerprint density at radius 2 is 1.82 bits per heavy atom. The zero-order valence-corrected chi connectivity index (χ0v) is 10.5. The molecule has 0 fully saturated rings. The Labute approximate surface area is 102 Å². The lowest BCUT2D eigenvalue weighted by Crippen LogP contribution is -2.38. The predicted octanol–water partition coefficient (Wildman–Crippen LogP) is 0.965. The van der Waals surface area contributed by atoms with E-state index in [1.54, 1.807) is 0 Å². The summed E-state index contributed by atoms with van der Waals surface area (Å²) in [5.74, 6) is -0.805. The number of carbonyl (C=O) groups excluding carboxylic acids is 1. The topological polar surface area (TPSA) is 87.7 Å². The lowest BCUT2D eigenvalue weighted by atomic mass is 10.2. The molecule has 6 nitrogen and oxygen atoms in total. The number of carbonyl (C=O) groups is 2. The van der Waals surface area contributed by atoms with E-state index in [0.29, 0.717) is 32.5 Å². The number of hydrogen-bond donors (Lipinski definition) is 3. The molecular formula is C11H22N2O4. The maximum atomic E-state index is 11.2. The molecule has 0 aromatic carbocycles. The van der Waals surface area contributed by atoms with Crippen molar-refractivity contribution in [3.63, 3.8) is 0 Å². The normalized spacial score (nSPS) is 10.3. The molecule has 0 heterocycles. The van der Waals surface area contributed by atoms with E-state index >= 15 is 0 Å². The van der Waals surface area contributed by atoms with Crippen molar-refractivity contribution in [2.24, 2.45) is 0 Å². The first-order chi connectivity index (χ1) is 8.02. The Morgan fingerprint density at radius 3 is 2.41 bits per heavy atom. The van der Waals surface area contributed by atoms with Gasteiger partial charge in [-0.2, -0.15) is 0 Å². The Balaban J connectivity index is 3.26. The highest BCUT2D eigenvalue weighted by Gasteiger charge is 2.00. The highest BCUT2D eigenvalue weighted by Crippen LogP contribution is 1.93.